The minimum absolute atomic E-state index is 0.425. The zero-order chi connectivity index (χ0) is 14.4. The second-order valence-corrected chi connectivity index (χ2v) is 6.08. The van der Waals surface area contributed by atoms with E-state index in [9.17, 15) is 9.90 Å². The average Bonchev–Trinajstić information content (AvgIpc) is 2.48. The highest BCUT2D eigenvalue weighted by Gasteiger charge is 2.27. The van der Waals surface area contributed by atoms with E-state index in [1.807, 2.05) is 6.92 Å². The summed E-state index contributed by atoms with van der Waals surface area (Å²) in [5.74, 6) is -0.731. The number of carbonyl (C=O) groups is 1. The Morgan fingerprint density at radius 3 is 2.40 bits per heavy atom. The van der Waals surface area contributed by atoms with Crippen LogP contribution in [0.25, 0.3) is 0 Å². The van der Waals surface area contributed by atoms with Crippen molar-refractivity contribution >= 4 is 5.97 Å². The Balaban J connectivity index is 1.74. The molecule has 2 fully saturated rings. The van der Waals surface area contributed by atoms with Crippen LogP contribution in [0.15, 0.2) is 0 Å². The predicted octanol–water partition coefficient (Wildman–Crippen LogP) is 0.999. The van der Waals surface area contributed by atoms with Crippen LogP contribution in [0.5, 0.6) is 0 Å². The Bertz CT molecular complexity index is 297. The number of hydrogen-bond donors (Lipinski definition) is 2. The number of nitrogens with zero attached hydrogens (tertiary/aromatic N) is 2. The number of aliphatic carboxylic acids is 1. The lowest BCUT2D eigenvalue weighted by molar-refractivity contribution is -0.140. The summed E-state index contributed by atoms with van der Waals surface area (Å²) in [4.78, 5) is 16.1. The molecule has 2 aliphatic rings. The maximum absolute atomic E-state index is 11.2. The normalized spacial score (nSPS) is 24.6. The van der Waals surface area contributed by atoms with Gasteiger partial charge in [0.2, 0.25) is 0 Å². The molecule has 0 bridgehead atoms. The molecule has 5 nitrogen and oxygen atoms in total. The average molecular weight is 283 g/mol. The van der Waals surface area contributed by atoms with E-state index >= 15 is 0 Å². The topological polar surface area (TPSA) is 55.8 Å². The minimum atomic E-state index is -0.731. The number of likely N-dealkylation sites (N-methyl/N-ethyl adjacent to an activating group) is 1. The molecule has 20 heavy (non-hydrogen) atoms. The molecule has 0 saturated carbocycles. The fraction of sp³-hybridized carbons (Fsp3) is 0.933. The van der Waals surface area contributed by atoms with Gasteiger partial charge in [-0.1, -0.05) is 13.3 Å². The van der Waals surface area contributed by atoms with Crippen LogP contribution in [0, 0.1) is 0 Å². The number of carboxylic acids is 1. The van der Waals surface area contributed by atoms with Crippen molar-refractivity contribution in [2.75, 3.05) is 39.3 Å². The number of hydrogen-bond acceptors (Lipinski definition) is 4. The highest BCUT2D eigenvalue weighted by molar-refractivity contribution is 5.73. The third-order valence-corrected chi connectivity index (χ3v) is 4.65. The lowest BCUT2D eigenvalue weighted by Gasteiger charge is -2.40. The molecular weight excluding hydrogens is 254 g/mol. The second-order valence-electron chi connectivity index (χ2n) is 6.08. The van der Waals surface area contributed by atoms with Gasteiger partial charge in [-0.05, 0) is 58.4 Å². The van der Waals surface area contributed by atoms with Crippen molar-refractivity contribution in [3.05, 3.63) is 0 Å². The molecule has 1 atom stereocenters. The maximum atomic E-state index is 11.2. The van der Waals surface area contributed by atoms with Crippen LogP contribution < -0.4 is 5.32 Å². The van der Waals surface area contributed by atoms with Crippen molar-refractivity contribution in [1.82, 2.24) is 15.1 Å². The third-order valence-electron chi connectivity index (χ3n) is 4.65. The van der Waals surface area contributed by atoms with Gasteiger partial charge < -0.3 is 20.2 Å². The quantitative estimate of drug-likeness (QED) is 0.761. The molecule has 0 radical (unpaired) electrons. The molecule has 2 aliphatic heterocycles. The Kier molecular flexibility index (Phi) is 6.26. The van der Waals surface area contributed by atoms with E-state index in [1.165, 1.54) is 45.2 Å². The number of likely N-dealkylation sites (tertiary alicyclic amines) is 2. The van der Waals surface area contributed by atoms with E-state index in [-0.39, 0.29) is 0 Å². The van der Waals surface area contributed by atoms with Crippen molar-refractivity contribution in [3.8, 4) is 0 Å². The summed E-state index contributed by atoms with van der Waals surface area (Å²) in [6, 6.07) is 0.306. The summed E-state index contributed by atoms with van der Waals surface area (Å²) in [6.45, 7) is 7.90. The molecule has 1 unspecified atom stereocenters. The lowest BCUT2D eigenvalue weighted by atomic mass is 9.99. The molecule has 116 valence electrons. The fourth-order valence-corrected chi connectivity index (χ4v) is 3.49. The maximum Gasteiger partial charge on any atom is 0.322 e. The first-order chi connectivity index (χ1) is 9.70. The summed E-state index contributed by atoms with van der Waals surface area (Å²) in [6.07, 6.45) is 6.47. The molecule has 0 aromatic rings. The molecule has 0 aromatic carbocycles. The highest BCUT2D eigenvalue weighted by atomic mass is 16.4. The second kappa shape index (κ2) is 7.96. The van der Waals surface area contributed by atoms with Gasteiger partial charge in [0.25, 0.3) is 0 Å². The Hall–Kier alpha value is -0.650. The monoisotopic (exact) mass is 283 g/mol. The van der Waals surface area contributed by atoms with E-state index in [0.29, 0.717) is 13.1 Å². The summed E-state index contributed by atoms with van der Waals surface area (Å²) in [5.41, 5.74) is 0. The van der Waals surface area contributed by atoms with Gasteiger partial charge in [-0.15, -0.1) is 0 Å². The standard InChI is InChI=1S/C15H29N3O2/c1-2-16-14(15(19)20)12-17-10-6-13(7-11-17)18-8-4-3-5-9-18/h13-14,16H,2-12H2,1H3,(H,19,20). The summed E-state index contributed by atoms with van der Waals surface area (Å²) in [7, 11) is 0. The van der Waals surface area contributed by atoms with Crippen molar-refractivity contribution in [2.45, 2.75) is 51.1 Å². The van der Waals surface area contributed by atoms with Crippen LogP contribution in [0.1, 0.15) is 39.0 Å². The van der Waals surface area contributed by atoms with Gasteiger partial charge in [0, 0.05) is 12.6 Å². The van der Waals surface area contributed by atoms with Gasteiger partial charge in [-0.25, -0.2) is 0 Å². The van der Waals surface area contributed by atoms with E-state index in [0.717, 1.165) is 19.1 Å². The molecule has 0 amide bonds. The van der Waals surface area contributed by atoms with E-state index in [4.69, 9.17) is 0 Å². The summed E-state index contributed by atoms with van der Waals surface area (Å²) in [5, 5.41) is 12.2. The van der Waals surface area contributed by atoms with Crippen LogP contribution in [-0.2, 0) is 4.79 Å². The van der Waals surface area contributed by atoms with E-state index < -0.39 is 12.0 Å². The SMILES string of the molecule is CCNC(CN1CCC(N2CCCCC2)CC1)C(=O)O. The molecular formula is C15H29N3O2. The predicted molar refractivity (Wildman–Crippen MR) is 80.0 cm³/mol. The number of piperidine rings is 2. The van der Waals surface area contributed by atoms with Crippen LogP contribution in [0.3, 0.4) is 0 Å². The third kappa shape index (κ3) is 4.43. The van der Waals surface area contributed by atoms with Crippen LogP contribution in [0.4, 0.5) is 0 Å². The van der Waals surface area contributed by atoms with Crippen molar-refractivity contribution < 1.29 is 9.90 Å². The van der Waals surface area contributed by atoms with Gasteiger partial charge in [0.15, 0.2) is 0 Å². The summed E-state index contributed by atoms with van der Waals surface area (Å²) < 4.78 is 0. The van der Waals surface area contributed by atoms with Crippen molar-refractivity contribution in [3.63, 3.8) is 0 Å². The molecule has 5 heteroatoms. The van der Waals surface area contributed by atoms with Crippen LogP contribution in [0.2, 0.25) is 0 Å². The zero-order valence-corrected chi connectivity index (χ0v) is 12.7. The highest BCUT2D eigenvalue weighted by Crippen LogP contribution is 2.20. The fourth-order valence-electron chi connectivity index (χ4n) is 3.49. The van der Waals surface area contributed by atoms with Crippen LogP contribution in [-0.4, -0.2) is 72.2 Å². The van der Waals surface area contributed by atoms with E-state index in [1.54, 1.807) is 0 Å². The van der Waals surface area contributed by atoms with Gasteiger partial charge in [0.1, 0.15) is 6.04 Å². The number of carboxylic acid groups (broad SMARTS) is 1. The van der Waals surface area contributed by atoms with E-state index in [2.05, 4.69) is 15.1 Å². The first-order valence-corrected chi connectivity index (χ1v) is 8.13. The molecule has 2 rings (SSSR count). The number of rotatable bonds is 6. The summed E-state index contributed by atoms with van der Waals surface area (Å²) >= 11 is 0. The molecule has 2 saturated heterocycles. The van der Waals surface area contributed by atoms with Crippen LogP contribution >= 0.6 is 0 Å². The Morgan fingerprint density at radius 2 is 1.85 bits per heavy atom. The molecule has 0 aliphatic carbocycles. The Labute approximate surface area is 122 Å². The smallest absolute Gasteiger partial charge is 0.322 e. The van der Waals surface area contributed by atoms with Crippen molar-refractivity contribution in [2.24, 2.45) is 0 Å². The zero-order valence-electron chi connectivity index (χ0n) is 12.7. The molecule has 2 heterocycles. The van der Waals surface area contributed by atoms with Gasteiger partial charge in [-0.2, -0.15) is 0 Å². The molecule has 0 aromatic heterocycles. The Morgan fingerprint density at radius 1 is 1.20 bits per heavy atom. The number of nitrogens with one attached hydrogen (secondary N) is 1. The van der Waals surface area contributed by atoms with Crippen molar-refractivity contribution in [1.29, 1.82) is 0 Å². The van der Waals surface area contributed by atoms with Gasteiger partial charge in [-0.3, -0.25) is 4.79 Å². The molecule has 2 N–H and O–H groups in total. The minimum Gasteiger partial charge on any atom is -0.480 e. The lowest BCUT2D eigenvalue weighted by Crippen LogP contribution is -2.51. The largest absolute Gasteiger partial charge is 0.480 e. The first kappa shape index (κ1) is 15.7. The first-order valence-electron chi connectivity index (χ1n) is 8.13. The van der Waals surface area contributed by atoms with Gasteiger partial charge in [0.05, 0.1) is 0 Å². The van der Waals surface area contributed by atoms with Gasteiger partial charge >= 0.3 is 5.97 Å². The molecule has 0 spiro atoms.